The molecule has 0 bridgehead atoms. The van der Waals surface area contributed by atoms with Crippen LogP contribution in [0.25, 0.3) is 0 Å². The summed E-state index contributed by atoms with van der Waals surface area (Å²) in [5.41, 5.74) is 4.12. The molecule has 2 aromatic rings. The molecular formula is C23H31N3O4S. The molecule has 0 spiro atoms. The Balaban J connectivity index is 1.55. The maximum Gasteiger partial charge on any atom is 0.235 e. The summed E-state index contributed by atoms with van der Waals surface area (Å²) >= 11 is 0. The Morgan fingerprint density at radius 3 is 2.42 bits per heavy atom. The number of amides is 1. The molecule has 1 N–H and O–H groups in total. The number of carbonyl (C=O) groups is 1. The van der Waals surface area contributed by atoms with Gasteiger partial charge in [0.2, 0.25) is 15.9 Å². The van der Waals surface area contributed by atoms with E-state index in [9.17, 15) is 13.2 Å². The maximum absolute atomic E-state index is 12.5. The fourth-order valence-corrected chi connectivity index (χ4v) is 4.20. The van der Waals surface area contributed by atoms with Crippen molar-refractivity contribution < 1.29 is 17.9 Å². The van der Waals surface area contributed by atoms with Crippen LogP contribution in [0.3, 0.4) is 0 Å². The van der Waals surface area contributed by atoms with Gasteiger partial charge in [-0.05, 0) is 23.6 Å². The molecule has 1 heterocycles. The first-order chi connectivity index (χ1) is 14.8. The van der Waals surface area contributed by atoms with Crippen LogP contribution < -0.4 is 5.32 Å². The quantitative estimate of drug-likeness (QED) is 0.638. The normalized spacial score (nSPS) is 15.2. The summed E-state index contributed by atoms with van der Waals surface area (Å²) in [5.74, 6) is -0.323. The first-order valence-corrected chi connectivity index (χ1v) is 12.3. The molecular weight excluding hydrogens is 414 g/mol. The van der Waals surface area contributed by atoms with E-state index >= 15 is 0 Å². The molecule has 1 amide bonds. The lowest BCUT2D eigenvalue weighted by molar-refractivity contribution is -0.121. The summed E-state index contributed by atoms with van der Waals surface area (Å²) in [4.78, 5) is 14.8. The smallest absolute Gasteiger partial charge is 0.235 e. The molecule has 1 fully saturated rings. The largest absolute Gasteiger partial charge is 0.379 e. The topological polar surface area (TPSA) is 79.0 Å². The number of hydrogen-bond acceptors (Lipinski definition) is 5. The highest BCUT2D eigenvalue weighted by Crippen LogP contribution is 2.11. The zero-order valence-electron chi connectivity index (χ0n) is 18.2. The maximum atomic E-state index is 12.5. The predicted molar refractivity (Wildman–Crippen MR) is 121 cm³/mol. The molecule has 1 saturated heterocycles. The lowest BCUT2D eigenvalue weighted by atomic mass is 10.1. The van der Waals surface area contributed by atoms with Gasteiger partial charge in [-0.15, -0.1) is 0 Å². The molecule has 7 nitrogen and oxygen atoms in total. The molecule has 2 aromatic carbocycles. The van der Waals surface area contributed by atoms with E-state index in [-0.39, 0.29) is 19.0 Å². The Labute approximate surface area is 185 Å². The third kappa shape index (κ3) is 7.74. The molecule has 31 heavy (non-hydrogen) atoms. The van der Waals surface area contributed by atoms with Crippen LogP contribution in [0.4, 0.5) is 0 Å². The molecule has 8 heteroatoms. The van der Waals surface area contributed by atoms with Gasteiger partial charge in [-0.25, -0.2) is 8.42 Å². The Hall–Kier alpha value is -2.26. The molecule has 0 aliphatic carbocycles. The summed E-state index contributed by atoms with van der Waals surface area (Å²) in [6.07, 6.45) is 1.13. The first kappa shape index (κ1) is 23.4. The van der Waals surface area contributed by atoms with Crippen LogP contribution in [0.1, 0.15) is 22.3 Å². The van der Waals surface area contributed by atoms with E-state index in [0.717, 1.165) is 55.8 Å². The van der Waals surface area contributed by atoms with Crippen LogP contribution in [-0.4, -0.2) is 62.6 Å². The number of benzene rings is 2. The van der Waals surface area contributed by atoms with Crippen LogP contribution >= 0.6 is 0 Å². The number of rotatable bonds is 9. The van der Waals surface area contributed by atoms with Gasteiger partial charge in [-0.1, -0.05) is 54.1 Å². The highest BCUT2D eigenvalue weighted by atomic mass is 32.2. The standard InChI is InChI=1S/C23H31N3O4S/c1-19-6-8-20(9-7-19)17-26(31(2,28)29)18-23(27)24-15-21-4-3-5-22(14-21)16-25-10-12-30-13-11-25/h3-9,14H,10-13,15-18H2,1-2H3,(H,24,27). The van der Waals surface area contributed by atoms with Crippen molar-refractivity contribution in [3.05, 3.63) is 70.8 Å². The number of nitrogens with zero attached hydrogens (tertiary/aromatic N) is 2. The number of hydrogen-bond donors (Lipinski definition) is 1. The Morgan fingerprint density at radius 1 is 1.06 bits per heavy atom. The van der Waals surface area contributed by atoms with Crippen molar-refractivity contribution in [3.8, 4) is 0 Å². The molecule has 0 aromatic heterocycles. The van der Waals surface area contributed by atoms with Crippen molar-refractivity contribution in [2.75, 3.05) is 39.1 Å². The van der Waals surface area contributed by atoms with Gasteiger partial charge in [-0.3, -0.25) is 9.69 Å². The van der Waals surface area contributed by atoms with Crippen molar-refractivity contribution in [2.24, 2.45) is 0 Å². The molecule has 1 aliphatic rings. The van der Waals surface area contributed by atoms with Crippen molar-refractivity contribution in [1.29, 1.82) is 0 Å². The van der Waals surface area contributed by atoms with Crippen LogP contribution in [0, 0.1) is 6.92 Å². The van der Waals surface area contributed by atoms with Gasteiger partial charge < -0.3 is 10.1 Å². The molecule has 1 aliphatic heterocycles. The van der Waals surface area contributed by atoms with Crippen molar-refractivity contribution in [2.45, 2.75) is 26.6 Å². The van der Waals surface area contributed by atoms with Gasteiger partial charge >= 0.3 is 0 Å². The minimum atomic E-state index is -3.52. The van der Waals surface area contributed by atoms with Crippen LogP contribution in [-0.2, 0) is 39.2 Å². The van der Waals surface area contributed by atoms with Gasteiger partial charge in [-0.2, -0.15) is 4.31 Å². The molecule has 0 saturated carbocycles. The average molecular weight is 446 g/mol. The molecule has 168 valence electrons. The summed E-state index contributed by atoms with van der Waals surface area (Å²) in [6.45, 7) is 6.50. The van der Waals surface area contributed by atoms with Crippen molar-refractivity contribution in [1.82, 2.24) is 14.5 Å². The van der Waals surface area contributed by atoms with Gasteiger partial charge in [0.15, 0.2) is 0 Å². The van der Waals surface area contributed by atoms with E-state index in [4.69, 9.17) is 4.74 Å². The fourth-order valence-electron chi connectivity index (χ4n) is 3.46. The Bertz CT molecular complexity index is 971. The second-order valence-corrected chi connectivity index (χ2v) is 9.98. The van der Waals surface area contributed by atoms with Gasteiger partial charge in [0, 0.05) is 32.7 Å². The zero-order chi connectivity index (χ0) is 22.3. The first-order valence-electron chi connectivity index (χ1n) is 10.4. The third-order valence-corrected chi connectivity index (χ3v) is 6.46. The molecule has 0 unspecified atom stereocenters. The number of carbonyl (C=O) groups excluding carboxylic acids is 1. The monoisotopic (exact) mass is 445 g/mol. The second-order valence-electron chi connectivity index (χ2n) is 8.00. The Kier molecular flexibility index (Phi) is 8.20. The lowest BCUT2D eigenvalue weighted by Gasteiger charge is -2.26. The molecule has 0 radical (unpaired) electrons. The summed E-state index contributed by atoms with van der Waals surface area (Å²) in [6, 6.07) is 15.7. The van der Waals surface area contributed by atoms with E-state index in [2.05, 4.69) is 22.3 Å². The number of morpholine rings is 1. The van der Waals surface area contributed by atoms with E-state index in [1.54, 1.807) is 0 Å². The third-order valence-electron chi connectivity index (χ3n) is 5.26. The molecule has 3 rings (SSSR count). The fraction of sp³-hybridized carbons (Fsp3) is 0.435. The number of aryl methyl sites for hydroxylation is 1. The van der Waals surface area contributed by atoms with Crippen molar-refractivity contribution in [3.63, 3.8) is 0 Å². The van der Waals surface area contributed by atoms with Crippen LogP contribution in [0.5, 0.6) is 0 Å². The van der Waals surface area contributed by atoms with Gasteiger partial charge in [0.25, 0.3) is 0 Å². The van der Waals surface area contributed by atoms with E-state index in [1.807, 2.05) is 43.3 Å². The number of nitrogens with one attached hydrogen (secondary N) is 1. The molecule has 0 atom stereocenters. The van der Waals surface area contributed by atoms with E-state index in [0.29, 0.717) is 6.54 Å². The van der Waals surface area contributed by atoms with Gasteiger partial charge in [0.1, 0.15) is 0 Å². The van der Waals surface area contributed by atoms with Crippen molar-refractivity contribution >= 4 is 15.9 Å². The average Bonchev–Trinajstić information content (AvgIpc) is 2.74. The van der Waals surface area contributed by atoms with Crippen LogP contribution in [0.2, 0.25) is 0 Å². The van der Waals surface area contributed by atoms with Crippen LogP contribution in [0.15, 0.2) is 48.5 Å². The summed E-state index contributed by atoms with van der Waals surface area (Å²) < 4.78 is 30.9. The van der Waals surface area contributed by atoms with E-state index in [1.165, 1.54) is 9.87 Å². The summed E-state index contributed by atoms with van der Waals surface area (Å²) in [5, 5.41) is 2.85. The second kappa shape index (κ2) is 10.9. The Morgan fingerprint density at radius 2 is 1.74 bits per heavy atom. The highest BCUT2D eigenvalue weighted by molar-refractivity contribution is 7.88. The van der Waals surface area contributed by atoms with E-state index < -0.39 is 10.0 Å². The predicted octanol–water partition coefficient (Wildman–Crippen LogP) is 1.91. The number of sulfonamides is 1. The number of ether oxygens (including phenoxy) is 1. The lowest BCUT2D eigenvalue weighted by Crippen LogP contribution is -2.39. The zero-order valence-corrected chi connectivity index (χ0v) is 19.0. The minimum Gasteiger partial charge on any atom is -0.379 e. The highest BCUT2D eigenvalue weighted by Gasteiger charge is 2.20. The minimum absolute atomic E-state index is 0.168. The SMILES string of the molecule is Cc1ccc(CN(CC(=O)NCc2cccc(CN3CCOCC3)c2)S(C)(=O)=O)cc1. The summed E-state index contributed by atoms with van der Waals surface area (Å²) in [7, 11) is -3.52. The van der Waals surface area contributed by atoms with Gasteiger partial charge in [0.05, 0.1) is 26.0 Å².